The van der Waals surface area contributed by atoms with Crippen molar-refractivity contribution in [3.8, 4) is 0 Å². The predicted molar refractivity (Wildman–Crippen MR) is 125 cm³/mol. The van der Waals surface area contributed by atoms with Gasteiger partial charge in [0.2, 0.25) is 0 Å². The van der Waals surface area contributed by atoms with Crippen molar-refractivity contribution in [3.63, 3.8) is 0 Å². The second kappa shape index (κ2) is 14.1. The number of hydrogen-bond acceptors (Lipinski definition) is 4. The molecule has 0 radical (unpaired) electrons. The smallest absolute Gasteiger partial charge is 0.358 e. The summed E-state index contributed by atoms with van der Waals surface area (Å²) in [7, 11) is 12.1. The van der Waals surface area contributed by atoms with Crippen LogP contribution in [0.4, 0.5) is 0 Å². The van der Waals surface area contributed by atoms with E-state index < -0.39 is 8.07 Å². The second-order valence-electron chi connectivity index (χ2n) is 9.33. The van der Waals surface area contributed by atoms with Crippen molar-refractivity contribution in [2.75, 3.05) is 68.5 Å². The fourth-order valence-corrected chi connectivity index (χ4v) is 10.9. The summed E-state index contributed by atoms with van der Waals surface area (Å²) in [5, 5.41) is 0. The first-order valence-electron chi connectivity index (χ1n) is 9.86. The summed E-state index contributed by atoms with van der Waals surface area (Å²) in [6, 6.07) is 0. The molecule has 164 valence electrons. The molecule has 1 fully saturated rings. The Balaban J connectivity index is 0. The van der Waals surface area contributed by atoms with Crippen molar-refractivity contribution in [2.24, 2.45) is 0 Å². The molecule has 1 rings (SSSR count). The quantitative estimate of drug-likeness (QED) is 0.276. The molecule has 7 heteroatoms. The van der Waals surface area contributed by atoms with Gasteiger partial charge >= 0.3 is 17.1 Å². The molecule has 0 bridgehead atoms. The molecule has 0 amide bonds. The summed E-state index contributed by atoms with van der Waals surface area (Å²) in [5.74, 6) is 0. The van der Waals surface area contributed by atoms with Gasteiger partial charge in [-0.1, -0.05) is 26.1 Å². The molecule has 0 aromatic rings. The monoisotopic (exact) mass is 458 g/mol. The Morgan fingerprint density at radius 2 is 1.30 bits per heavy atom. The summed E-state index contributed by atoms with van der Waals surface area (Å²) >= 11 is 0. The third kappa shape index (κ3) is 10.6. The molecule has 1 aliphatic rings. The second-order valence-corrected chi connectivity index (χ2v) is 17.5. The molecule has 0 aromatic heterocycles. The molecule has 2 unspecified atom stereocenters. The predicted octanol–water partition coefficient (Wildman–Crippen LogP) is 4.20. The SMILES string of the molecule is CN(C)CCN(C)P(C1C[CH-]CCC1[Si](C)(C)C)N(C)CCN(C)C.[CH3-].[Fe+2]. The number of nitrogens with zero attached hydrogens (tertiary/aromatic N) is 4. The van der Waals surface area contributed by atoms with Crippen molar-refractivity contribution >= 4 is 16.3 Å². The van der Waals surface area contributed by atoms with E-state index in [-0.39, 0.29) is 32.7 Å². The van der Waals surface area contributed by atoms with Crippen LogP contribution in [0.15, 0.2) is 0 Å². The van der Waals surface area contributed by atoms with E-state index in [2.05, 4.69) is 87.5 Å². The summed E-state index contributed by atoms with van der Waals surface area (Å²) in [5.41, 5.74) is 1.79. The average Bonchev–Trinajstić information content (AvgIpc) is 2.50. The van der Waals surface area contributed by atoms with Gasteiger partial charge in [0.05, 0.1) is 0 Å². The Bertz CT molecular complexity index is 361. The zero-order valence-electron chi connectivity index (χ0n) is 19.8. The zero-order valence-corrected chi connectivity index (χ0v) is 22.8. The molecule has 0 N–H and O–H groups in total. The molecule has 2 atom stereocenters. The van der Waals surface area contributed by atoms with E-state index in [1.807, 2.05) is 0 Å². The van der Waals surface area contributed by atoms with Crippen LogP contribution in [0.5, 0.6) is 0 Å². The normalized spacial score (nSPS) is 21.1. The molecule has 1 aliphatic carbocycles. The van der Waals surface area contributed by atoms with Crippen LogP contribution in [0.25, 0.3) is 0 Å². The summed E-state index contributed by atoms with van der Waals surface area (Å²) in [6.45, 7) is 12.4. The van der Waals surface area contributed by atoms with Gasteiger partial charge in [0.15, 0.2) is 0 Å². The van der Waals surface area contributed by atoms with E-state index in [1.54, 1.807) is 0 Å². The van der Waals surface area contributed by atoms with Gasteiger partial charge in [0, 0.05) is 42.5 Å². The number of hydrogen-bond donors (Lipinski definition) is 0. The Hall–Kier alpha value is 1.01. The topological polar surface area (TPSA) is 13.0 Å². The van der Waals surface area contributed by atoms with Crippen molar-refractivity contribution in [1.29, 1.82) is 0 Å². The van der Waals surface area contributed by atoms with E-state index in [0.29, 0.717) is 0 Å². The maximum atomic E-state index is 2.70. The number of rotatable bonds is 10. The van der Waals surface area contributed by atoms with E-state index in [4.69, 9.17) is 0 Å². The zero-order chi connectivity index (χ0) is 19.2. The fourth-order valence-electron chi connectivity index (χ4n) is 3.87. The van der Waals surface area contributed by atoms with Gasteiger partial charge in [-0.15, -0.1) is 0 Å². The van der Waals surface area contributed by atoms with Crippen LogP contribution in [-0.2, 0) is 17.1 Å². The Morgan fingerprint density at radius 3 is 1.67 bits per heavy atom. The van der Waals surface area contributed by atoms with Gasteiger partial charge in [0.1, 0.15) is 0 Å². The summed E-state index contributed by atoms with van der Waals surface area (Å²) in [6.07, 6.45) is 6.65. The fraction of sp³-hybridized carbons (Fsp3) is 0.900. The minimum atomic E-state index is -1.14. The van der Waals surface area contributed by atoms with Crippen LogP contribution in [0, 0.1) is 13.8 Å². The third-order valence-corrected chi connectivity index (χ3v) is 11.6. The average molecular weight is 459 g/mol. The molecular formula is C20H47FeN4PSi. The van der Waals surface area contributed by atoms with E-state index in [0.717, 1.165) is 24.3 Å². The van der Waals surface area contributed by atoms with Crippen LogP contribution in [0.3, 0.4) is 0 Å². The molecule has 1 saturated carbocycles. The van der Waals surface area contributed by atoms with Gasteiger partial charge in [-0.05, 0) is 53.5 Å². The molecule has 0 saturated heterocycles. The number of likely N-dealkylation sites (N-methyl/N-ethyl adjacent to an activating group) is 4. The third-order valence-electron chi connectivity index (χ3n) is 5.40. The maximum absolute atomic E-state index is 2.70. The van der Waals surface area contributed by atoms with Gasteiger partial charge in [-0.2, -0.15) is 12.8 Å². The maximum Gasteiger partial charge on any atom is 2.00 e. The van der Waals surface area contributed by atoms with Crippen LogP contribution in [-0.4, -0.2) is 101 Å². The summed E-state index contributed by atoms with van der Waals surface area (Å²) in [4.78, 5) is 4.62. The largest absolute Gasteiger partial charge is 2.00 e. The van der Waals surface area contributed by atoms with Crippen molar-refractivity contribution in [3.05, 3.63) is 13.8 Å². The van der Waals surface area contributed by atoms with Crippen molar-refractivity contribution in [2.45, 2.75) is 50.1 Å². The molecule has 4 nitrogen and oxygen atoms in total. The first-order chi connectivity index (χ1) is 11.5. The van der Waals surface area contributed by atoms with Crippen LogP contribution >= 0.6 is 8.22 Å². The molecule has 27 heavy (non-hydrogen) atoms. The van der Waals surface area contributed by atoms with Gasteiger partial charge < -0.3 is 23.6 Å². The molecule has 0 aliphatic heterocycles. The Kier molecular flexibility index (Phi) is 15.8. The van der Waals surface area contributed by atoms with E-state index in [1.165, 1.54) is 32.4 Å². The van der Waals surface area contributed by atoms with E-state index >= 15 is 0 Å². The first kappa shape index (κ1) is 30.2. The van der Waals surface area contributed by atoms with Crippen LogP contribution in [0.2, 0.25) is 25.2 Å². The van der Waals surface area contributed by atoms with E-state index in [9.17, 15) is 0 Å². The van der Waals surface area contributed by atoms with Crippen LogP contribution < -0.4 is 0 Å². The molecule has 0 aromatic carbocycles. The molecule has 0 spiro atoms. The molecule has 0 heterocycles. The van der Waals surface area contributed by atoms with Gasteiger partial charge in [-0.3, -0.25) is 9.34 Å². The first-order valence-corrected chi connectivity index (χ1v) is 14.8. The summed E-state index contributed by atoms with van der Waals surface area (Å²) < 4.78 is 5.39. The molecular weight excluding hydrogens is 411 g/mol. The van der Waals surface area contributed by atoms with Crippen molar-refractivity contribution < 1.29 is 17.1 Å². The van der Waals surface area contributed by atoms with Gasteiger partial charge in [-0.25, -0.2) is 0 Å². The van der Waals surface area contributed by atoms with Gasteiger partial charge in [0.25, 0.3) is 0 Å². The standard InChI is InChI=1S/C19H44N4PSi.CH3.Fe/c1-20(2)14-16-22(5)24(23(6)17-15-21(3)4)18-12-10-11-13-19(18)25(7,8)9;;/h10,18-19H,11-17H2,1-9H3;1H3;/q2*-1;+2. The van der Waals surface area contributed by atoms with Crippen LogP contribution in [0.1, 0.15) is 19.3 Å². The minimum absolute atomic E-state index is 0. The minimum Gasteiger partial charge on any atom is -0.358 e. The Morgan fingerprint density at radius 1 is 0.852 bits per heavy atom. The Labute approximate surface area is 184 Å². The van der Waals surface area contributed by atoms with Crippen molar-refractivity contribution in [1.82, 2.24) is 19.1 Å².